The molecule has 0 radical (unpaired) electrons. The number of sulfonamides is 1. The molecule has 1 atom stereocenters. The Hall–Kier alpha value is -1.88. The molecule has 0 bridgehead atoms. The monoisotopic (exact) mass is 592 g/mol. The minimum atomic E-state index is -3.65. The molecule has 11 heteroatoms. The van der Waals surface area contributed by atoms with E-state index in [1.807, 2.05) is 0 Å². The average Bonchev–Trinajstić information content (AvgIpc) is 3.68. The lowest BCUT2D eigenvalue weighted by molar-refractivity contribution is 0.0521. The van der Waals surface area contributed by atoms with Gasteiger partial charge in [0.25, 0.3) is 0 Å². The number of hydrazine groups is 1. The number of nitrogens with one attached hydrogen (secondary N) is 3. The molecular formula is C28H38Cl2N6O2S. The lowest BCUT2D eigenvalue weighted by Gasteiger charge is -2.42. The van der Waals surface area contributed by atoms with E-state index in [0.29, 0.717) is 27.8 Å². The van der Waals surface area contributed by atoms with Crippen LogP contribution in [0.2, 0.25) is 10.0 Å². The van der Waals surface area contributed by atoms with Gasteiger partial charge in [0.2, 0.25) is 16.0 Å². The van der Waals surface area contributed by atoms with Crippen molar-refractivity contribution in [3.05, 3.63) is 58.1 Å². The van der Waals surface area contributed by atoms with Crippen LogP contribution in [0.3, 0.4) is 0 Å². The van der Waals surface area contributed by atoms with Crippen LogP contribution in [-0.4, -0.2) is 70.1 Å². The zero-order valence-corrected chi connectivity index (χ0v) is 24.8. The average molecular weight is 594 g/mol. The van der Waals surface area contributed by atoms with Crippen molar-refractivity contribution >= 4 is 44.9 Å². The summed E-state index contributed by atoms with van der Waals surface area (Å²) < 4.78 is 28.2. The van der Waals surface area contributed by atoms with Crippen LogP contribution in [0.15, 0.2) is 52.4 Å². The highest BCUT2D eigenvalue weighted by Gasteiger charge is 2.47. The Morgan fingerprint density at radius 3 is 2.46 bits per heavy atom. The van der Waals surface area contributed by atoms with E-state index >= 15 is 0 Å². The van der Waals surface area contributed by atoms with E-state index in [0.717, 1.165) is 43.5 Å². The molecule has 1 spiro atoms. The maximum atomic E-state index is 12.8. The van der Waals surface area contributed by atoms with Crippen LogP contribution >= 0.6 is 23.2 Å². The zero-order chi connectivity index (χ0) is 27.5. The van der Waals surface area contributed by atoms with E-state index in [2.05, 4.69) is 30.4 Å². The highest BCUT2D eigenvalue weighted by molar-refractivity contribution is 7.89. The summed E-state index contributed by atoms with van der Waals surface area (Å²) in [5, 5.41) is 6.55. The largest absolute Gasteiger partial charge is 0.325 e. The molecule has 0 amide bonds. The number of benzene rings is 2. The first-order chi connectivity index (χ1) is 18.7. The Kier molecular flexibility index (Phi) is 9.05. The Morgan fingerprint density at radius 1 is 1.05 bits per heavy atom. The molecule has 2 aliphatic carbocycles. The summed E-state index contributed by atoms with van der Waals surface area (Å²) in [5.41, 5.74) is 5.69. The van der Waals surface area contributed by atoms with Gasteiger partial charge < -0.3 is 5.32 Å². The Balaban J connectivity index is 1.08. The minimum Gasteiger partial charge on any atom is -0.325 e. The lowest BCUT2D eigenvalue weighted by atomic mass is 9.82. The SMILES string of the molecule is CN=C(Nc1ccc(S(=O)(=O)NCCc2ccc(Cl)cc2Cl)cc1)NN1CCN(C2CCCC3(CC3)C2)CC1. The van der Waals surface area contributed by atoms with Crippen molar-refractivity contribution in [3.63, 3.8) is 0 Å². The van der Waals surface area contributed by atoms with E-state index in [4.69, 9.17) is 23.2 Å². The van der Waals surface area contributed by atoms with Gasteiger partial charge in [0, 0.05) is 61.5 Å². The molecule has 0 aromatic heterocycles. The maximum Gasteiger partial charge on any atom is 0.240 e. The number of halogens is 2. The van der Waals surface area contributed by atoms with Crippen LogP contribution in [-0.2, 0) is 16.4 Å². The molecule has 1 saturated heterocycles. The molecule has 1 aliphatic heterocycles. The molecule has 8 nitrogen and oxygen atoms in total. The van der Waals surface area contributed by atoms with Gasteiger partial charge in [-0.2, -0.15) is 0 Å². The summed E-state index contributed by atoms with van der Waals surface area (Å²) in [4.78, 5) is 7.24. The lowest BCUT2D eigenvalue weighted by Crippen LogP contribution is -2.57. The third kappa shape index (κ3) is 7.45. The molecule has 39 heavy (non-hydrogen) atoms. The molecule has 5 rings (SSSR count). The number of anilines is 1. The molecule has 2 aromatic carbocycles. The smallest absolute Gasteiger partial charge is 0.240 e. The third-order valence-corrected chi connectivity index (χ3v) is 10.4. The zero-order valence-electron chi connectivity index (χ0n) is 22.4. The van der Waals surface area contributed by atoms with Crippen molar-refractivity contribution in [2.24, 2.45) is 10.4 Å². The number of piperazine rings is 1. The number of hydrogen-bond donors (Lipinski definition) is 3. The Bertz CT molecular complexity index is 1280. The van der Waals surface area contributed by atoms with E-state index < -0.39 is 10.0 Å². The van der Waals surface area contributed by atoms with Gasteiger partial charge in [-0.3, -0.25) is 15.3 Å². The first kappa shape index (κ1) is 28.6. The fourth-order valence-electron chi connectivity index (χ4n) is 5.82. The number of rotatable bonds is 8. The number of guanidine groups is 1. The van der Waals surface area contributed by atoms with E-state index in [9.17, 15) is 8.42 Å². The predicted octanol–water partition coefficient (Wildman–Crippen LogP) is 4.76. The Labute approximate surface area is 242 Å². The topological polar surface area (TPSA) is 89.1 Å². The van der Waals surface area contributed by atoms with Gasteiger partial charge in [0.05, 0.1) is 4.90 Å². The first-order valence-electron chi connectivity index (χ1n) is 13.8. The standard InChI is InChI=1S/C28H38Cl2N6O2S/c1-31-27(34-36-17-15-35(16-18-36)24-3-2-11-28(20-24)12-13-28)33-23-6-8-25(9-7-23)39(37,38)32-14-10-21-4-5-22(29)19-26(21)30/h4-9,19,24,32H,2-3,10-18,20H2,1H3,(H2,31,33,34). The van der Waals surface area contributed by atoms with Gasteiger partial charge in [-0.1, -0.05) is 35.7 Å². The molecule has 3 N–H and O–H groups in total. The molecule has 212 valence electrons. The predicted molar refractivity (Wildman–Crippen MR) is 159 cm³/mol. The Morgan fingerprint density at radius 2 is 1.79 bits per heavy atom. The fourth-order valence-corrected chi connectivity index (χ4v) is 7.36. The highest BCUT2D eigenvalue weighted by atomic mass is 35.5. The van der Waals surface area contributed by atoms with Gasteiger partial charge in [-0.25, -0.2) is 18.1 Å². The molecule has 3 aliphatic rings. The summed E-state index contributed by atoms with van der Waals surface area (Å²) in [5.74, 6) is 0.631. The van der Waals surface area contributed by atoms with Crippen molar-refractivity contribution in [2.45, 2.75) is 55.9 Å². The van der Waals surface area contributed by atoms with Crippen molar-refractivity contribution in [1.82, 2.24) is 20.1 Å². The van der Waals surface area contributed by atoms with Gasteiger partial charge in [-0.15, -0.1) is 0 Å². The number of hydrogen-bond acceptors (Lipinski definition) is 5. The summed E-state index contributed by atoms with van der Waals surface area (Å²) in [6.45, 7) is 4.24. The van der Waals surface area contributed by atoms with Crippen LogP contribution < -0.4 is 15.5 Å². The second-order valence-electron chi connectivity index (χ2n) is 11.0. The maximum absolute atomic E-state index is 12.8. The molecule has 1 heterocycles. The van der Waals surface area contributed by atoms with Crippen molar-refractivity contribution in [2.75, 3.05) is 45.1 Å². The number of nitrogens with zero attached hydrogens (tertiary/aromatic N) is 3. The van der Waals surface area contributed by atoms with Crippen LogP contribution in [0.4, 0.5) is 5.69 Å². The van der Waals surface area contributed by atoms with E-state index in [1.54, 1.807) is 49.5 Å². The van der Waals surface area contributed by atoms with Gasteiger partial charge >= 0.3 is 0 Å². The summed E-state index contributed by atoms with van der Waals surface area (Å²) in [7, 11) is -1.91. The first-order valence-corrected chi connectivity index (χ1v) is 16.0. The molecule has 1 unspecified atom stereocenters. The summed E-state index contributed by atoms with van der Waals surface area (Å²) in [6, 6.07) is 12.6. The summed E-state index contributed by atoms with van der Waals surface area (Å²) >= 11 is 12.1. The van der Waals surface area contributed by atoms with Crippen molar-refractivity contribution in [3.8, 4) is 0 Å². The van der Waals surface area contributed by atoms with Crippen LogP contribution in [0.25, 0.3) is 0 Å². The van der Waals surface area contributed by atoms with E-state index in [1.165, 1.54) is 38.5 Å². The van der Waals surface area contributed by atoms with Crippen LogP contribution in [0.1, 0.15) is 44.1 Å². The fraction of sp³-hybridized carbons (Fsp3) is 0.536. The molecule has 3 fully saturated rings. The molecule has 2 saturated carbocycles. The van der Waals surface area contributed by atoms with Gasteiger partial charge in [0.1, 0.15) is 0 Å². The van der Waals surface area contributed by atoms with Gasteiger partial charge in [-0.05, 0) is 85.9 Å². The van der Waals surface area contributed by atoms with Crippen molar-refractivity contribution < 1.29 is 8.42 Å². The van der Waals surface area contributed by atoms with Crippen LogP contribution in [0, 0.1) is 5.41 Å². The minimum absolute atomic E-state index is 0.199. The molecule has 2 aromatic rings. The van der Waals surface area contributed by atoms with Crippen LogP contribution in [0.5, 0.6) is 0 Å². The second kappa shape index (κ2) is 12.3. The molecular weight excluding hydrogens is 555 g/mol. The van der Waals surface area contributed by atoms with Crippen molar-refractivity contribution in [1.29, 1.82) is 0 Å². The highest BCUT2D eigenvalue weighted by Crippen LogP contribution is 2.56. The third-order valence-electron chi connectivity index (χ3n) is 8.32. The second-order valence-corrected chi connectivity index (χ2v) is 13.6. The van der Waals surface area contributed by atoms with Gasteiger partial charge in [0.15, 0.2) is 0 Å². The summed E-state index contributed by atoms with van der Waals surface area (Å²) in [6.07, 6.45) is 8.90. The normalized spacial score (nSPS) is 22.1. The van der Waals surface area contributed by atoms with E-state index in [-0.39, 0.29) is 11.4 Å². The quantitative estimate of drug-likeness (QED) is 0.302. The number of aliphatic imine (C=N–C) groups is 1.